The molecule has 118 valence electrons. The summed E-state index contributed by atoms with van der Waals surface area (Å²) < 4.78 is 9.62. The van der Waals surface area contributed by atoms with Crippen LogP contribution in [0.5, 0.6) is 0 Å². The molecular weight excluding hydrogens is 296 g/mol. The van der Waals surface area contributed by atoms with E-state index in [-0.39, 0.29) is 6.42 Å². The number of nitrogens with one attached hydrogen (secondary N) is 1. The number of aromatic nitrogens is 1. The molecule has 0 aromatic carbocycles. The van der Waals surface area contributed by atoms with Crippen LogP contribution in [0.25, 0.3) is 0 Å². The molecule has 1 aromatic rings. The number of thiazole rings is 1. The summed E-state index contributed by atoms with van der Waals surface area (Å²) >= 11 is 1.09. The van der Waals surface area contributed by atoms with Crippen molar-refractivity contribution in [1.82, 2.24) is 4.98 Å². The molecule has 7 nitrogen and oxygen atoms in total. The molecule has 0 saturated heterocycles. The molecule has 0 bridgehead atoms. The molecule has 0 saturated carbocycles. The highest BCUT2D eigenvalue weighted by Gasteiger charge is 2.22. The average molecular weight is 316 g/mol. The van der Waals surface area contributed by atoms with E-state index in [2.05, 4.69) is 15.0 Å². The Kier molecular flexibility index (Phi) is 5.68. The van der Waals surface area contributed by atoms with Gasteiger partial charge in [-0.05, 0) is 27.7 Å². The second-order valence-corrected chi connectivity index (χ2v) is 6.42. The van der Waals surface area contributed by atoms with Crippen molar-refractivity contribution in [2.45, 2.75) is 45.8 Å². The fourth-order valence-corrected chi connectivity index (χ4v) is 2.43. The van der Waals surface area contributed by atoms with Gasteiger partial charge in [-0.3, -0.25) is 10.1 Å². The van der Waals surface area contributed by atoms with Crippen LogP contribution in [0, 0.1) is 6.92 Å². The second kappa shape index (κ2) is 6.86. The van der Waals surface area contributed by atoms with Crippen molar-refractivity contribution in [3.05, 3.63) is 10.6 Å². The Bertz CT molecular complexity index is 521. The topological polar surface area (TPSA) is 97.8 Å². The number of hydrogen-bond acceptors (Lipinski definition) is 7. The van der Waals surface area contributed by atoms with Crippen LogP contribution < -0.4 is 5.32 Å². The molecule has 1 heterocycles. The predicted octanol–water partition coefficient (Wildman–Crippen LogP) is 2.40. The third-order valence-electron chi connectivity index (χ3n) is 2.33. The number of aliphatic hydroxyl groups excluding tert-OH is 1. The van der Waals surface area contributed by atoms with E-state index in [9.17, 15) is 14.7 Å². The third-order valence-corrected chi connectivity index (χ3v) is 3.50. The highest BCUT2D eigenvalue weighted by Crippen LogP contribution is 2.30. The normalized spacial score (nSPS) is 12.7. The first-order chi connectivity index (χ1) is 9.62. The van der Waals surface area contributed by atoms with Gasteiger partial charge in [-0.2, -0.15) is 0 Å². The fourth-order valence-electron chi connectivity index (χ4n) is 1.50. The monoisotopic (exact) mass is 316 g/mol. The molecule has 1 atom stereocenters. The minimum Gasteiger partial charge on any atom is -0.469 e. The Morgan fingerprint density at radius 1 is 1.43 bits per heavy atom. The van der Waals surface area contributed by atoms with Gasteiger partial charge in [0.2, 0.25) is 0 Å². The molecule has 1 rings (SSSR count). The Morgan fingerprint density at radius 3 is 2.57 bits per heavy atom. The van der Waals surface area contributed by atoms with Crippen molar-refractivity contribution in [2.24, 2.45) is 0 Å². The molecule has 0 spiro atoms. The molecular formula is C13H20N2O5S. The maximum Gasteiger partial charge on any atom is 0.413 e. The van der Waals surface area contributed by atoms with Crippen molar-refractivity contribution in [2.75, 3.05) is 12.4 Å². The number of aliphatic hydroxyl groups is 1. The smallest absolute Gasteiger partial charge is 0.413 e. The molecule has 0 aliphatic heterocycles. The number of hydrogen-bond donors (Lipinski definition) is 2. The Hall–Kier alpha value is -1.67. The third kappa shape index (κ3) is 5.68. The van der Waals surface area contributed by atoms with Crippen LogP contribution in [0.1, 0.15) is 43.9 Å². The van der Waals surface area contributed by atoms with Gasteiger partial charge in [0.1, 0.15) is 11.7 Å². The molecule has 0 fully saturated rings. The highest BCUT2D eigenvalue weighted by atomic mass is 32.1. The van der Waals surface area contributed by atoms with E-state index in [0.29, 0.717) is 15.7 Å². The SMILES string of the molecule is COC(=O)C[C@H](O)c1sc(NC(=O)OC(C)(C)C)nc1C. The highest BCUT2D eigenvalue weighted by molar-refractivity contribution is 7.16. The van der Waals surface area contributed by atoms with Crippen LogP contribution in [0.4, 0.5) is 9.93 Å². The number of aryl methyl sites for hydroxylation is 1. The van der Waals surface area contributed by atoms with Gasteiger partial charge in [0.05, 0.1) is 24.1 Å². The van der Waals surface area contributed by atoms with Crippen molar-refractivity contribution < 1.29 is 24.2 Å². The van der Waals surface area contributed by atoms with E-state index >= 15 is 0 Å². The molecule has 1 aromatic heterocycles. The Balaban J connectivity index is 2.74. The summed E-state index contributed by atoms with van der Waals surface area (Å²) in [4.78, 5) is 27.4. The van der Waals surface area contributed by atoms with Crippen molar-refractivity contribution in [1.29, 1.82) is 0 Å². The minimum atomic E-state index is -1.01. The number of esters is 1. The van der Waals surface area contributed by atoms with E-state index in [1.807, 2.05) is 0 Å². The van der Waals surface area contributed by atoms with Gasteiger partial charge in [-0.25, -0.2) is 9.78 Å². The first-order valence-corrected chi connectivity index (χ1v) is 7.16. The number of nitrogens with zero attached hydrogens (tertiary/aromatic N) is 1. The summed E-state index contributed by atoms with van der Waals surface area (Å²) in [5, 5.41) is 12.8. The summed E-state index contributed by atoms with van der Waals surface area (Å²) in [6.45, 7) is 6.95. The van der Waals surface area contributed by atoms with Crippen LogP contribution in [0.15, 0.2) is 0 Å². The largest absolute Gasteiger partial charge is 0.469 e. The number of rotatable bonds is 4. The van der Waals surface area contributed by atoms with Crippen LogP contribution in [0.2, 0.25) is 0 Å². The summed E-state index contributed by atoms with van der Waals surface area (Å²) in [5.41, 5.74) is -0.0636. The van der Waals surface area contributed by atoms with Gasteiger partial charge in [-0.1, -0.05) is 11.3 Å². The summed E-state index contributed by atoms with van der Waals surface area (Å²) in [5.74, 6) is -0.517. The lowest BCUT2D eigenvalue weighted by molar-refractivity contribution is -0.142. The van der Waals surface area contributed by atoms with Crippen molar-refractivity contribution in [3.8, 4) is 0 Å². The zero-order valence-corrected chi connectivity index (χ0v) is 13.5. The van der Waals surface area contributed by atoms with Gasteiger partial charge < -0.3 is 14.6 Å². The molecule has 8 heteroatoms. The molecule has 2 N–H and O–H groups in total. The van der Waals surface area contributed by atoms with E-state index in [1.54, 1.807) is 27.7 Å². The van der Waals surface area contributed by atoms with Crippen molar-refractivity contribution in [3.63, 3.8) is 0 Å². The molecule has 0 radical (unpaired) electrons. The predicted molar refractivity (Wildman–Crippen MR) is 78.3 cm³/mol. The first kappa shape index (κ1) is 17.4. The van der Waals surface area contributed by atoms with E-state index < -0.39 is 23.8 Å². The zero-order valence-electron chi connectivity index (χ0n) is 12.7. The van der Waals surface area contributed by atoms with E-state index in [0.717, 1.165) is 11.3 Å². The maximum atomic E-state index is 11.6. The lowest BCUT2D eigenvalue weighted by Crippen LogP contribution is -2.27. The minimum absolute atomic E-state index is 0.161. The number of carbonyl (C=O) groups is 2. The zero-order chi connectivity index (χ0) is 16.2. The van der Waals surface area contributed by atoms with Gasteiger partial charge >= 0.3 is 12.1 Å². The van der Waals surface area contributed by atoms with Gasteiger partial charge in [0.25, 0.3) is 0 Å². The van der Waals surface area contributed by atoms with Crippen molar-refractivity contribution >= 4 is 28.5 Å². The van der Waals surface area contributed by atoms with E-state index in [1.165, 1.54) is 7.11 Å². The molecule has 1 amide bonds. The van der Waals surface area contributed by atoms with E-state index in [4.69, 9.17) is 4.74 Å². The number of amides is 1. The fraction of sp³-hybridized carbons (Fsp3) is 0.615. The first-order valence-electron chi connectivity index (χ1n) is 6.34. The number of carbonyl (C=O) groups excluding carboxylic acids is 2. The van der Waals surface area contributed by atoms with Crippen LogP contribution in [-0.2, 0) is 14.3 Å². The number of anilines is 1. The molecule has 0 unspecified atom stereocenters. The lowest BCUT2D eigenvalue weighted by atomic mass is 10.2. The number of ether oxygens (including phenoxy) is 2. The second-order valence-electron chi connectivity index (χ2n) is 5.39. The quantitative estimate of drug-likeness (QED) is 0.828. The summed E-state index contributed by atoms with van der Waals surface area (Å²) in [6, 6.07) is 0. The lowest BCUT2D eigenvalue weighted by Gasteiger charge is -2.18. The Labute approximate surface area is 127 Å². The summed E-state index contributed by atoms with van der Waals surface area (Å²) in [7, 11) is 1.25. The van der Waals surface area contributed by atoms with Crippen LogP contribution in [-0.4, -0.2) is 34.9 Å². The van der Waals surface area contributed by atoms with Gasteiger partial charge in [-0.15, -0.1) is 0 Å². The van der Waals surface area contributed by atoms with Crippen LogP contribution in [0.3, 0.4) is 0 Å². The number of methoxy groups -OCH3 is 1. The summed E-state index contributed by atoms with van der Waals surface area (Å²) in [6.07, 6.45) is -1.79. The van der Waals surface area contributed by atoms with Gasteiger partial charge in [0, 0.05) is 0 Å². The van der Waals surface area contributed by atoms with Crippen LogP contribution >= 0.6 is 11.3 Å². The standard InChI is InChI=1S/C13H20N2O5S/c1-7-10(8(16)6-9(17)19-5)21-11(14-7)15-12(18)20-13(2,3)4/h8,16H,6H2,1-5H3,(H,14,15,18)/t8-/m0/s1. The van der Waals surface area contributed by atoms with Gasteiger partial charge in [0.15, 0.2) is 5.13 Å². The Morgan fingerprint density at radius 2 is 2.05 bits per heavy atom. The molecule has 21 heavy (non-hydrogen) atoms. The maximum absolute atomic E-state index is 11.6. The molecule has 0 aliphatic carbocycles. The molecule has 0 aliphatic rings. The average Bonchev–Trinajstić information content (AvgIpc) is 2.67.